The van der Waals surface area contributed by atoms with E-state index in [1.165, 1.54) is 0 Å². The Balaban J connectivity index is 1.96. The summed E-state index contributed by atoms with van der Waals surface area (Å²) in [5, 5.41) is 0. The van der Waals surface area contributed by atoms with Crippen LogP contribution in [0.1, 0.15) is 5.69 Å². The summed E-state index contributed by atoms with van der Waals surface area (Å²) in [6.07, 6.45) is 0. The Morgan fingerprint density at radius 1 is 1.05 bits per heavy atom. The molecule has 0 unspecified atom stereocenters. The molecular weight excluding hydrogens is 238 g/mol. The van der Waals surface area contributed by atoms with Crippen molar-refractivity contribution in [2.45, 2.75) is 6.92 Å². The minimum Gasteiger partial charge on any atom is -0.378 e. The van der Waals surface area contributed by atoms with Crippen molar-refractivity contribution in [1.29, 1.82) is 0 Å². The van der Waals surface area contributed by atoms with Crippen LogP contribution in [0.2, 0.25) is 0 Å². The Hall–Kier alpha value is -1.94. The van der Waals surface area contributed by atoms with Crippen LogP contribution in [0, 0.1) is 6.92 Å². The van der Waals surface area contributed by atoms with Crippen molar-refractivity contribution in [1.82, 2.24) is 9.97 Å². The second-order valence-corrected chi connectivity index (χ2v) is 4.66. The third kappa shape index (κ3) is 2.74. The van der Waals surface area contributed by atoms with Crippen LogP contribution in [-0.4, -0.2) is 36.3 Å². The number of anilines is 1. The number of aromatic nitrogens is 2. The molecule has 0 N–H and O–H groups in total. The number of aryl methyl sites for hydroxylation is 1. The topological polar surface area (TPSA) is 38.2 Å². The Bertz CT molecular complexity index is 551. The van der Waals surface area contributed by atoms with E-state index in [1.54, 1.807) is 0 Å². The summed E-state index contributed by atoms with van der Waals surface area (Å²) in [5.74, 6) is 0.808. The van der Waals surface area contributed by atoms with Gasteiger partial charge in [-0.25, -0.2) is 9.97 Å². The first-order chi connectivity index (χ1) is 9.33. The molecular formula is C15H17N3O. The van der Waals surface area contributed by atoms with Crippen molar-refractivity contribution in [2.75, 3.05) is 31.2 Å². The third-order valence-electron chi connectivity index (χ3n) is 3.21. The van der Waals surface area contributed by atoms with Crippen LogP contribution in [0.15, 0.2) is 36.4 Å². The van der Waals surface area contributed by atoms with Crippen LogP contribution in [-0.2, 0) is 4.74 Å². The zero-order chi connectivity index (χ0) is 13.1. The molecule has 0 atom stereocenters. The fourth-order valence-electron chi connectivity index (χ4n) is 2.21. The number of ether oxygens (including phenoxy) is 1. The number of morpholine rings is 1. The monoisotopic (exact) mass is 255 g/mol. The predicted octanol–water partition coefficient (Wildman–Crippen LogP) is 2.29. The van der Waals surface area contributed by atoms with Crippen molar-refractivity contribution in [3.8, 4) is 11.3 Å². The molecule has 0 aliphatic carbocycles. The van der Waals surface area contributed by atoms with Crippen molar-refractivity contribution >= 4 is 5.95 Å². The van der Waals surface area contributed by atoms with Crippen LogP contribution in [0.5, 0.6) is 0 Å². The molecule has 98 valence electrons. The van der Waals surface area contributed by atoms with E-state index in [-0.39, 0.29) is 0 Å². The van der Waals surface area contributed by atoms with E-state index < -0.39 is 0 Å². The highest BCUT2D eigenvalue weighted by molar-refractivity contribution is 5.60. The summed E-state index contributed by atoms with van der Waals surface area (Å²) < 4.78 is 5.37. The van der Waals surface area contributed by atoms with Gasteiger partial charge >= 0.3 is 0 Å². The quantitative estimate of drug-likeness (QED) is 0.825. The van der Waals surface area contributed by atoms with Gasteiger partial charge in [-0.2, -0.15) is 0 Å². The molecule has 2 heterocycles. The van der Waals surface area contributed by atoms with E-state index in [4.69, 9.17) is 4.74 Å². The van der Waals surface area contributed by atoms with E-state index >= 15 is 0 Å². The minimum absolute atomic E-state index is 0.748. The summed E-state index contributed by atoms with van der Waals surface area (Å²) in [6.45, 7) is 5.23. The Morgan fingerprint density at radius 2 is 1.79 bits per heavy atom. The smallest absolute Gasteiger partial charge is 0.226 e. The third-order valence-corrected chi connectivity index (χ3v) is 3.21. The van der Waals surface area contributed by atoms with Crippen LogP contribution in [0.25, 0.3) is 11.3 Å². The van der Waals surface area contributed by atoms with Gasteiger partial charge < -0.3 is 9.64 Å². The molecule has 0 spiro atoms. The molecule has 2 aromatic rings. The predicted molar refractivity (Wildman–Crippen MR) is 75.2 cm³/mol. The molecule has 0 saturated carbocycles. The molecule has 1 aliphatic rings. The summed E-state index contributed by atoms with van der Waals surface area (Å²) in [7, 11) is 0. The molecule has 4 nitrogen and oxygen atoms in total. The lowest BCUT2D eigenvalue weighted by molar-refractivity contribution is 0.122. The average Bonchev–Trinajstić information content (AvgIpc) is 2.48. The van der Waals surface area contributed by atoms with Crippen molar-refractivity contribution in [3.63, 3.8) is 0 Å². The van der Waals surface area contributed by atoms with Gasteiger partial charge in [0, 0.05) is 24.3 Å². The van der Waals surface area contributed by atoms with Crippen molar-refractivity contribution < 1.29 is 4.74 Å². The molecule has 1 aliphatic heterocycles. The molecule has 0 radical (unpaired) electrons. The largest absolute Gasteiger partial charge is 0.378 e. The van der Waals surface area contributed by atoms with Gasteiger partial charge in [-0.3, -0.25) is 0 Å². The lowest BCUT2D eigenvalue weighted by Crippen LogP contribution is -2.37. The fourth-order valence-corrected chi connectivity index (χ4v) is 2.21. The molecule has 1 saturated heterocycles. The highest BCUT2D eigenvalue weighted by Gasteiger charge is 2.15. The zero-order valence-corrected chi connectivity index (χ0v) is 11.0. The molecule has 3 rings (SSSR count). The maximum absolute atomic E-state index is 5.37. The number of hydrogen-bond donors (Lipinski definition) is 0. The maximum atomic E-state index is 5.37. The van der Waals surface area contributed by atoms with Gasteiger partial charge in [0.2, 0.25) is 5.95 Å². The number of benzene rings is 1. The van der Waals surface area contributed by atoms with Crippen molar-refractivity contribution in [3.05, 3.63) is 42.1 Å². The standard InChI is InChI=1S/C15H17N3O/c1-12-11-14(13-5-3-2-4-6-13)17-15(16-12)18-7-9-19-10-8-18/h2-6,11H,7-10H2,1H3. The molecule has 1 aromatic heterocycles. The number of rotatable bonds is 2. The molecule has 19 heavy (non-hydrogen) atoms. The lowest BCUT2D eigenvalue weighted by Gasteiger charge is -2.27. The second kappa shape index (κ2) is 5.36. The van der Waals surface area contributed by atoms with Gasteiger partial charge in [0.05, 0.1) is 18.9 Å². The summed E-state index contributed by atoms with van der Waals surface area (Å²) in [6, 6.07) is 12.2. The van der Waals surface area contributed by atoms with Gasteiger partial charge in [0.1, 0.15) is 0 Å². The molecule has 4 heteroatoms. The minimum atomic E-state index is 0.748. The normalized spacial score (nSPS) is 15.5. The van der Waals surface area contributed by atoms with Crippen LogP contribution in [0.3, 0.4) is 0 Å². The van der Waals surface area contributed by atoms with Crippen LogP contribution < -0.4 is 4.90 Å². The van der Waals surface area contributed by atoms with Crippen LogP contribution in [0.4, 0.5) is 5.95 Å². The summed E-state index contributed by atoms with van der Waals surface area (Å²) in [5.41, 5.74) is 3.10. The summed E-state index contributed by atoms with van der Waals surface area (Å²) in [4.78, 5) is 11.4. The Kier molecular flexibility index (Phi) is 3.42. The van der Waals surface area contributed by atoms with E-state index in [0.717, 1.165) is 49.2 Å². The van der Waals surface area contributed by atoms with Gasteiger partial charge in [-0.05, 0) is 13.0 Å². The first-order valence-electron chi connectivity index (χ1n) is 6.57. The highest BCUT2D eigenvalue weighted by Crippen LogP contribution is 2.20. The highest BCUT2D eigenvalue weighted by atomic mass is 16.5. The first-order valence-corrected chi connectivity index (χ1v) is 6.57. The first kappa shape index (κ1) is 12.1. The number of nitrogens with zero attached hydrogens (tertiary/aromatic N) is 3. The molecule has 0 amide bonds. The van der Waals surface area contributed by atoms with Gasteiger partial charge in [0.25, 0.3) is 0 Å². The lowest BCUT2D eigenvalue weighted by atomic mass is 10.1. The van der Waals surface area contributed by atoms with Crippen molar-refractivity contribution in [2.24, 2.45) is 0 Å². The average molecular weight is 255 g/mol. The Labute approximate surface area is 113 Å². The van der Waals surface area contributed by atoms with Gasteiger partial charge in [-0.15, -0.1) is 0 Å². The Morgan fingerprint density at radius 3 is 2.53 bits per heavy atom. The summed E-state index contributed by atoms with van der Waals surface area (Å²) >= 11 is 0. The zero-order valence-electron chi connectivity index (χ0n) is 11.0. The van der Waals surface area contributed by atoms with E-state index in [9.17, 15) is 0 Å². The molecule has 0 bridgehead atoms. The molecule has 1 aromatic carbocycles. The molecule has 1 fully saturated rings. The fraction of sp³-hybridized carbons (Fsp3) is 0.333. The van der Waals surface area contributed by atoms with E-state index in [0.29, 0.717) is 0 Å². The maximum Gasteiger partial charge on any atom is 0.226 e. The van der Waals surface area contributed by atoms with Gasteiger partial charge in [-0.1, -0.05) is 30.3 Å². The van der Waals surface area contributed by atoms with E-state index in [1.807, 2.05) is 31.2 Å². The van der Waals surface area contributed by atoms with Gasteiger partial charge in [0.15, 0.2) is 0 Å². The number of hydrogen-bond acceptors (Lipinski definition) is 4. The van der Waals surface area contributed by atoms with Crippen LogP contribution >= 0.6 is 0 Å². The van der Waals surface area contributed by atoms with E-state index in [2.05, 4.69) is 27.0 Å². The second-order valence-electron chi connectivity index (χ2n) is 4.66. The SMILES string of the molecule is Cc1cc(-c2ccccc2)nc(N2CCOCC2)n1.